The predicted octanol–water partition coefficient (Wildman–Crippen LogP) is 4.62. The molecule has 1 aliphatic rings. The molecule has 0 saturated heterocycles. The number of aliphatic carboxylic acids is 1. The number of aryl methyl sites for hydroxylation is 1. The molecule has 4 amide bonds. The van der Waals surface area contributed by atoms with E-state index >= 15 is 0 Å². The van der Waals surface area contributed by atoms with Crippen molar-refractivity contribution in [1.29, 1.82) is 0 Å². The Labute approximate surface area is 266 Å². The second-order valence-electron chi connectivity index (χ2n) is 11.1. The lowest BCUT2D eigenvalue weighted by Crippen LogP contribution is -2.49. The molecule has 1 heterocycles. The first-order chi connectivity index (χ1) is 22.0. The molecule has 1 aliphatic heterocycles. The maximum Gasteiger partial charge on any atom is 0.323 e. The molecule has 0 aliphatic carbocycles. The second kappa shape index (κ2) is 15.5. The maximum absolute atomic E-state index is 13.4. The Bertz CT molecular complexity index is 1580. The highest BCUT2D eigenvalue weighted by atomic mass is 16.7. The van der Waals surface area contributed by atoms with E-state index in [9.17, 15) is 24.3 Å². The van der Waals surface area contributed by atoms with E-state index in [-0.39, 0.29) is 19.1 Å². The Hall–Kier alpha value is -5.46. The fourth-order valence-electron chi connectivity index (χ4n) is 4.77. The van der Waals surface area contributed by atoms with Crippen molar-refractivity contribution in [3.63, 3.8) is 0 Å². The number of carbonyl (C=O) groups is 4. The third-order valence-corrected chi connectivity index (χ3v) is 7.04. The number of amides is 4. The molecular formula is C33H38N4O9. The summed E-state index contributed by atoms with van der Waals surface area (Å²) >= 11 is 0. The quantitative estimate of drug-likeness (QED) is 0.170. The van der Waals surface area contributed by atoms with E-state index in [1.54, 1.807) is 36.4 Å². The molecule has 0 spiro atoms. The molecule has 5 N–H and O–H groups in total. The van der Waals surface area contributed by atoms with E-state index in [0.29, 0.717) is 46.4 Å². The summed E-state index contributed by atoms with van der Waals surface area (Å²) in [5.74, 6) is -0.575. The van der Waals surface area contributed by atoms with Crippen LogP contribution in [0.2, 0.25) is 0 Å². The molecule has 4 rings (SSSR count). The van der Waals surface area contributed by atoms with Crippen LogP contribution in [-0.4, -0.2) is 55.5 Å². The lowest BCUT2D eigenvalue weighted by molar-refractivity contribution is -0.138. The van der Waals surface area contributed by atoms with E-state index in [1.165, 1.54) is 13.2 Å². The Morgan fingerprint density at radius 3 is 2.37 bits per heavy atom. The lowest BCUT2D eigenvalue weighted by atomic mass is 10.00. The molecule has 3 aromatic rings. The van der Waals surface area contributed by atoms with E-state index in [1.807, 2.05) is 39.0 Å². The number of fused-ring (bicyclic) bond motifs is 1. The van der Waals surface area contributed by atoms with Crippen LogP contribution >= 0.6 is 0 Å². The van der Waals surface area contributed by atoms with Crippen molar-refractivity contribution < 1.29 is 43.2 Å². The zero-order valence-corrected chi connectivity index (χ0v) is 26.0. The van der Waals surface area contributed by atoms with Crippen LogP contribution in [0.25, 0.3) is 0 Å². The first-order valence-electron chi connectivity index (χ1n) is 14.7. The van der Waals surface area contributed by atoms with Crippen LogP contribution in [0.3, 0.4) is 0 Å². The van der Waals surface area contributed by atoms with Crippen molar-refractivity contribution in [1.82, 2.24) is 10.6 Å². The summed E-state index contributed by atoms with van der Waals surface area (Å²) in [4.78, 5) is 50.4. The van der Waals surface area contributed by atoms with Crippen molar-refractivity contribution in [3.05, 3.63) is 71.8 Å². The molecule has 13 nitrogen and oxygen atoms in total. The van der Waals surface area contributed by atoms with Crippen molar-refractivity contribution in [3.8, 4) is 23.0 Å². The molecule has 0 radical (unpaired) electrons. The Kier molecular flexibility index (Phi) is 11.3. The molecule has 2 unspecified atom stereocenters. The van der Waals surface area contributed by atoms with Crippen LogP contribution in [0.15, 0.2) is 60.7 Å². The highest BCUT2D eigenvalue weighted by molar-refractivity contribution is 6.01. The van der Waals surface area contributed by atoms with Crippen molar-refractivity contribution in [2.75, 3.05) is 31.1 Å². The number of carbonyl (C=O) groups excluding carboxylic acids is 3. The van der Waals surface area contributed by atoms with Gasteiger partial charge in [0, 0.05) is 11.8 Å². The summed E-state index contributed by atoms with van der Waals surface area (Å²) in [5, 5.41) is 20.5. The summed E-state index contributed by atoms with van der Waals surface area (Å²) in [6, 6.07) is 14.7. The Balaban J connectivity index is 1.36. The first kappa shape index (κ1) is 33.4. The van der Waals surface area contributed by atoms with Gasteiger partial charge in [0.05, 0.1) is 25.3 Å². The predicted molar refractivity (Wildman–Crippen MR) is 169 cm³/mol. The fraction of sp³-hybridized carbons (Fsp3) is 0.333. The summed E-state index contributed by atoms with van der Waals surface area (Å²) in [6.45, 7) is 5.33. The number of hydrogen-bond acceptors (Lipinski definition) is 8. The van der Waals surface area contributed by atoms with Gasteiger partial charge in [-0.2, -0.15) is 0 Å². The Morgan fingerprint density at radius 2 is 1.65 bits per heavy atom. The van der Waals surface area contributed by atoms with Gasteiger partial charge in [-0.15, -0.1) is 0 Å². The van der Waals surface area contributed by atoms with Gasteiger partial charge in [0.2, 0.25) is 12.7 Å². The summed E-state index contributed by atoms with van der Waals surface area (Å²) < 4.78 is 21.8. The van der Waals surface area contributed by atoms with Crippen LogP contribution in [0.1, 0.15) is 43.9 Å². The number of urea groups is 1. The minimum atomic E-state index is -1.11. The van der Waals surface area contributed by atoms with Crippen LogP contribution < -0.4 is 40.2 Å². The zero-order valence-electron chi connectivity index (χ0n) is 26.0. The average Bonchev–Trinajstić information content (AvgIpc) is 3.48. The van der Waals surface area contributed by atoms with Crippen LogP contribution in [0.5, 0.6) is 23.0 Å². The van der Waals surface area contributed by atoms with E-state index in [4.69, 9.17) is 18.9 Å². The van der Waals surface area contributed by atoms with E-state index in [2.05, 4.69) is 21.3 Å². The van der Waals surface area contributed by atoms with Crippen LogP contribution in [0.4, 0.5) is 16.2 Å². The van der Waals surface area contributed by atoms with E-state index in [0.717, 1.165) is 5.56 Å². The highest BCUT2D eigenvalue weighted by Crippen LogP contribution is 2.35. The summed E-state index contributed by atoms with van der Waals surface area (Å²) in [6.07, 6.45) is -0.0751. The number of nitrogens with one attached hydrogen (secondary N) is 4. The third-order valence-electron chi connectivity index (χ3n) is 7.04. The van der Waals surface area contributed by atoms with Gasteiger partial charge in [-0.3, -0.25) is 14.4 Å². The molecule has 0 saturated carbocycles. The molecule has 0 bridgehead atoms. The SMILES string of the molecule is COc1cc(OCC(=O)NC(CC(C)C)C(=O)NC(CC(=O)O)c2ccc3c(c2)OCO3)ccc1NC(=O)Nc1ccccc1C. The molecule has 0 aromatic heterocycles. The number of hydrogen-bond donors (Lipinski definition) is 5. The van der Waals surface area contributed by atoms with Gasteiger partial charge in [0.15, 0.2) is 18.1 Å². The van der Waals surface area contributed by atoms with E-state index < -0.39 is 42.5 Å². The van der Waals surface area contributed by atoms with Gasteiger partial charge in [0.1, 0.15) is 17.5 Å². The number of carboxylic acid groups (broad SMARTS) is 1. The lowest BCUT2D eigenvalue weighted by Gasteiger charge is -2.24. The van der Waals surface area contributed by atoms with Crippen molar-refractivity contribution in [2.24, 2.45) is 5.92 Å². The topological polar surface area (TPSA) is 174 Å². The number of rotatable bonds is 14. The largest absolute Gasteiger partial charge is 0.494 e. The summed E-state index contributed by atoms with van der Waals surface area (Å²) in [7, 11) is 1.44. The van der Waals surface area contributed by atoms with Gasteiger partial charge in [0.25, 0.3) is 5.91 Å². The zero-order chi connectivity index (χ0) is 33.2. The van der Waals surface area contributed by atoms with Crippen molar-refractivity contribution >= 4 is 35.2 Å². The Morgan fingerprint density at radius 1 is 0.913 bits per heavy atom. The smallest absolute Gasteiger partial charge is 0.323 e. The minimum Gasteiger partial charge on any atom is -0.494 e. The molecule has 2 atom stereocenters. The minimum absolute atomic E-state index is 0.0350. The van der Waals surface area contributed by atoms with Gasteiger partial charge >= 0.3 is 12.0 Å². The number of ether oxygens (including phenoxy) is 4. The number of methoxy groups -OCH3 is 1. The summed E-state index contributed by atoms with van der Waals surface area (Å²) in [5.41, 5.74) is 2.49. The molecular weight excluding hydrogens is 596 g/mol. The van der Waals surface area contributed by atoms with Crippen molar-refractivity contribution in [2.45, 2.75) is 45.7 Å². The normalized spacial score (nSPS) is 12.9. The number of anilines is 2. The number of para-hydroxylation sites is 1. The number of benzene rings is 3. The first-order valence-corrected chi connectivity index (χ1v) is 14.7. The molecule has 13 heteroatoms. The van der Waals surface area contributed by atoms with Gasteiger partial charge in [-0.25, -0.2) is 4.79 Å². The molecule has 0 fully saturated rings. The standard InChI is InChI=1S/C33H38N4O9/c1-19(2)13-26(32(41)35-25(16-31(39)40)21-9-12-27-29(14-21)46-18-45-27)34-30(38)17-44-22-10-11-24(28(15-22)43-4)37-33(42)36-23-8-6-5-7-20(23)3/h5-12,14-15,19,25-26H,13,16-18H2,1-4H3,(H,34,38)(H,35,41)(H,39,40)(H2,36,37,42). The van der Waals surface area contributed by atoms with Crippen LogP contribution in [-0.2, 0) is 14.4 Å². The van der Waals surface area contributed by atoms with Crippen LogP contribution in [0, 0.1) is 12.8 Å². The monoisotopic (exact) mass is 634 g/mol. The average molecular weight is 635 g/mol. The van der Waals surface area contributed by atoms with Gasteiger partial charge < -0.3 is 45.3 Å². The third kappa shape index (κ3) is 9.27. The maximum atomic E-state index is 13.4. The van der Waals surface area contributed by atoms with Gasteiger partial charge in [-0.05, 0) is 60.7 Å². The fourth-order valence-corrected chi connectivity index (χ4v) is 4.77. The number of carboxylic acids is 1. The van der Waals surface area contributed by atoms with Gasteiger partial charge in [-0.1, -0.05) is 38.1 Å². The molecule has 46 heavy (non-hydrogen) atoms. The molecule has 244 valence electrons. The highest BCUT2D eigenvalue weighted by Gasteiger charge is 2.27. The molecule has 3 aromatic carbocycles. The second-order valence-corrected chi connectivity index (χ2v) is 11.1.